The smallest absolute Gasteiger partial charge is 0.0640 e. The summed E-state index contributed by atoms with van der Waals surface area (Å²) in [7, 11) is 0. The van der Waals surface area contributed by atoms with Gasteiger partial charge in [0.2, 0.25) is 0 Å². The zero-order valence-electron chi connectivity index (χ0n) is 13.0. The third-order valence-corrected chi connectivity index (χ3v) is 5.99. The normalized spacial score (nSPS) is 19.9. The Balaban J connectivity index is 1.90. The zero-order chi connectivity index (χ0) is 15.5. The molecule has 1 aromatic carbocycles. The number of benzene rings is 1. The number of halogens is 2. The molecule has 1 aliphatic rings. The van der Waals surface area contributed by atoms with E-state index < -0.39 is 0 Å². The number of rotatable bonds is 6. The predicted molar refractivity (Wildman–Crippen MR) is 92.1 cm³/mol. The van der Waals surface area contributed by atoms with Crippen molar-refractivity contribution in [3.8, 4) is 0 Å². The van der Waals surface area contributed by atoms with Gasteiger partial charge in [0.1, 0.15) is 0 Å². The van der Waals surface area contributed by atoms with Crippen molar-refractivity contribution in [2.24, 2.45) is 11.1 Å². The maximum absolute atomic E-state index is 6.31. The minimum Gasteiger partial charge on any atom is -0.324 e. The summed E-state index contributed by atoms with van der Waals surface area (Å²) in [5.41, 5.74) is 7.79. The lowest BCUT2D eigenvalue weighted by Gasteiger charge is -2.27. The second-order valence-corrected chi connectivity index (χ2v) is 7.06. The summed E-state index contributed by atoms with van der Waals surface area (Å²) in [6.45, 7) is 8.05. The highest BCUT2D eigenvalue weighted by Gasteiger charge is 2.34. The van der Waals surface area contributed by atoms with Crippen molar-refractivity contribution in [3.05, 3.63) is 33.8 Å². The lowest BCUT2D eigenvalue weighted by molar-refractivity contribution is 0.236. The minimum absolute atomic E-state index is 0.0468. The van der Waals surface area contributed by atoms with Gasteiger partial charge in [0.15, 0.2) is 0 Å². The molecule has 1 fully saturated rings. The molecule has 1 atom stereocenters. The van der Waals surface area contributed by atoms with Crippen LogP contribution < -0.4 is 5.73 Å². The van der Waals surface area contributed by atoms with Gasteiger partial charge in [0.25, 0.3) is 0 Å². The van der Waals surface area contributed by atoms with Crippen molar-refractivity contribution in [1.82, 2.24) is 4.90 Å². The van der Waals surface area contributed by atoms with E-state index in [9.17, 15) is 0 Å². The number of likely N-dealkylation sites (tertiary alicyclic amines) is 1. The van der Waals surface area contributed by atoms with E-state index >= 15 is 0 Å². The first-order valence-electron chi connectivity index (χ1n) is 7.93. The third-order valence-electron chi connectivity index (χ3n) is 5.15. The highest BCUT2D eigenvalue weighted by molar-refractivity contribution is 6.42. The van der Waals surface area contributed by atoms with Gasteiger partial charge in [-0.2, -0.15) is 0 Å². The Kier molecular flexibility index (Phi) is 5.96. The molecule has 0 aromatic heterocycles. The highest BCUT2D eigenvalue weighted by Crippen LogP contribution is 2.37. The molecule has 0 aliphatic carbocycles. The standard InChI is InChI=1S/C17H26Cl2N2/c1-3-17(4-2)9-11-21(12-17)10-8-15(20)13-6-5-7-14(18)16(13)19/h5-7,15H,3-4,8-12,20H2,1-2H3. The van der Waals surface area contributed by atoms with Crippen LogP contribution in [0.15, 0.2) is 18.2 Å². The predicted octanol–water partition coefficient (Wildman–Crippen LogP) is 4.90. The fourth-order valence-electron chi connectivity index (χ4n) is 3.33. The van der Waals surface area contributed by atoms with Crippen LogP contribution in [-0.2, 0) is 0 Å². The Labute approximate surface area is 138 Å². The molecular formula is C17H26Cl2N2. The molecule has 118 valence electrons. The van der Waals surface area contributed by atoms with Crippen LogP contribution in [0.1, 0.15) is 51.1 Å². The van der Waals surface area contributed by atoms with Crippen molar-refractivity contribution in [3.63, 3.8) is 0 Å². The first-order chi connectivity index (χ1) is 10.0. The molecule has 1 unspecified atom stereocenters. The molecule has 0 bridgehead atoms. The first-order valence-corrected chi connectivity index (χ1v) is 8.69. The van der Waals surface area contributed by atoms with Gasteiger partial charge in [-0.25, -0.2) is 0 Å². The second-order valence-electron chi connectivity index (χ2n) is 6.27. The Hall–Kier alpha value is -0.280. The molecule has 4 heteroatoms. The van der Waals surface area contributed by atoms with Gasteiger partial charge in [-0.3, -0.25) is 0 Å². The molecule has 2 N–H and O–H groups in total. The van der Waals surface area contributed by atoms with Gasteiger partial charge < -0.3 is 10.6 Å². The third kappa shape index (κ3) is 3.92. The van der Waals surface area contributed by atoms with Crippen molar-refractivity contribution < 1.29 is 0 Å². The van der Waals surface area contributed by atoms with E-state index in [0.717, 1.165) is 18.5 Å². The minimum atomic E-state index is -0.0468. The van der Waals surface area contributed by atoms with Crippen LogP contribution in [0, 0.1) is 5.41 Å². The zero-order valence-corrected chi connectivity index (χ0v) is 14.6. The molecule has 21 heavy (non-hydrogen) atoms. The van der Waals surface area contributed by atoms with Crippen LogP contribution in [0.2, 0.25) is 10.0 Å². The molecule has 0 saturated carbocycles. The topological polar surface area (TPSA) is 29.3 Å². The monoisotopic (exact) mass is 328 g/mol. The summed E-state index contributed by atoms with van der Waals surface area (Å²) in [4.78, 5) is 2.55. The summed E-state index contributed by atoms with van der Waals surface area (Å²) < 4.78 is 0. The molecule has 1 aliphatic heterocycles. The van der Waals surface area contributed by atoms with Crippen LogP contribution in [0.4, 0.5) is 0 Å². The number of nitrogens with two attached hydrogens (primary N) is 1. The van der Waals surface area contributed by atoms with Crippen LogP contribution in [0.3, 0.4) is 0 Å². The molecule has 2 rings (SSSR count). The Morgan fingerprint density at radius 2 is 2.00 bits per heavy atom. The average molecular weight is 329 g/mol. The lowest BCUT2D eigenvalue weighted by atomic mass is 9.82. The number of hydrogen-bond acceptors (Lipinski definition) is 2. The van der Waals surface area contributed by atoms with Gasteiger partial charge in [0.05, 0.1) is 10.0 Å². The molecule has 2 nitrogen and oxygen atoms in total. The Morgan fingerprint density at radius 3 is 2.62 bits per heavy atom. The van der Waals surface area contributed by atoms with Gasteiger partial charge in [-0.15, -0.1) is 0 Å². The SMILES string of the molecule is CCC1(CC)CCN(CCC(N)c2cccc(Cl)c2Cl)C1. The van der Waals surface area contributed by atoms with Gasteiger partial charge >= 0.3 is 0 Å². The summed E-state index contributed by atoms with van der Waals surface area (Å²) in [6, 6.07) is 5.65. The van der Waals surface area contributed by atoms with Crippen LogP contribution in [-0.4, -0.2) is 24.5 Å². The van der Waals surface area contributed by atoms with Crippen molar-refractivity contribution in [2.75, 3.05) is 19.6 Å². The maximum Gasteiger partial charge on any atom is 0.0640 e. The van der Waals surface area contributed by atoms with Crippen molar-refractivity contribution >= 4 is 23.2 Å². The van der Waals surface area contributed by atoms with E-state index in [-0.39, 0.29) is 6.04 Å². The van der Waals surface area contributed by atoms with Crippen molar-refractivity contribution in [2.45, 2.75) is 45.6 Å². The molecule has 0 amide bonds. The van der Waals surface area contributed by atoms with Crippen LogP contribution in [0.5, 0.6) is 0 Å². The summed E-state index contributed by atoms with van der Waals surface area (Å²) in [5, 5.41) is 1.19. The van der Waals surface area contributed by atoms with Gasteiger partial charge in [0, 0.05) is 12.6 Å². The maximum atomic E-state index is 6.31. The van der Waals surface area contributed by atoms with E-state index in [1.807, 2.05) is 12.1 Å². The fourth-order valence-corrected chi connectivity index (χ4v) is 3.78. The van der Waals surface area contributed by atoms with Crippen molar-refractivity contribution in [1.29, 1.82) is 0 Å². The first kappa shape index (κ1) is 17.1. The molecule has 0 radical (unpaired) electrons. The molecule has 1 saturated heterocycles. The number of nitrogens with zero attached hydrogens (tertiary/aromatic N) is 1. The molecule has 1 heterocycles. The van der Waals surface area contributed by atoms with E-state index in [2.05, 4.69) is 18.7 Å². The second kappa shape index (κ2) is 7.32. The summed E-state index contributed by atoms with van der Waals surface area (Å²) in [5.74, 6) is 0. The lowest BCUT2D eigenvalue weighted by Crippen LogP contribution is -2.29. The molecule has 1 aromatic rings. The van der Waals surface area contributed by atoms with Crippen LogP contribution in [0.25, 0.3) is 0 Å². The van der Waals surface area contributed by atoms with E-state index in [1.165, 1.54) is 32.4 Å². The quantitative estimate of drug-likeness (QED) is 0.805. The van der Waals surface area contributed by atoms with Gasteiger partial charge in [-0.05, 0) is 55.8 Å². The van der Waals surface area contributed by atoms with E-state index in [4.69, 9.17) is 28.9 Å². The van der Waals surface area contributed by atoms with Crippen LogP contribution >= 0.6 is 23.2 Å². The number of hydrogen-bond donors (Lipinski definition) is 1. The Morgan fingerprint density at radius 1 is 1.29 bits per heavy atom. The largest absolute Gasteiger partial charge is 0.324 e. The van der Waals surface area contributed by atoms with E-state index in [1.54, 1.807) is 6.07 Å². The molecular weight excluding hydrogens is 303 g/mol. The average Bonchev–Trinajstić information content (AvgIpc) is 2.92. The molecule has 0 spiro atoms. The van der Waals surface area contributed by atoms with Gasteiger partial charge in [-0.1, -0.05) is 49.2 Å². The summed E-state index contributed by atoms with van der Waals surface area (Å²) in [6.07, 6.45) is 4.77. The Bertz CT molecular complexity index is 472. The highest BCUT2D eigenvalue weighted by atomic mass is 35.5. The summed E-state index contributed by atoms with van der Waals surface area (Å²) >= 11 is 12.3. The fraction of sp³-hybridized carbons (Fsp3) is 0.647. The van der Waals surface area contributed by atoms with E-state index in [0.29, 0.717) is 15.5 Å².